The van der Waals surface area contributed by atoms with Crippen LogP contribution in [0.4, 0.5) is 0 Å². The second-order valence-electron chi connectivity index (χ2n) is 22.2. The molecule has 4 heterocycles. The van der Waals surface area contributed by atoms with E-state index in [1.807, 2.05) is 136 Å². The van der Waals surface area contributed by atoms with E-state index in [1.54, 1.807) is 74.9 Å². The van der Waals surface area contributed by atoms with E-state index < -0.39 is 0 Å². The summed E-state index contributed by atoms with van der Waals surface area (Å²) < 4.78 is 5.04. The van der Waals surface area contributed by atoms with E-state index in [9.17, 15) is 0 Å². The molecule has 4 aromatic heterocycles. The van der Waals surface area contributed by atoms with Gasteiger partial charge >= 0.3 is 0 Å². The molecule has 0 saturated heterocycles. The maximum absolute atomic E-state index is 8.56. The molecule has 9 aromatic rings. The first-order chi connectivity index (χ1) is 43.1. The summed E-state index contributed by atoms with van der Waals surface area (Å²) in [5.74, 6) is 7.04. The molecular weight excluding hydrogens is 1920 g/mol. The van der Waals surface area contributed by atoms with Crippen LogP contribution in [0.5, 0.6) is 5.75 Å². The third-order valence-electron chi connectivity index (χ3n) is 11.2. The van der Waals surface area contributed by atoms with Crippen LogP contribution in [0, 0.1) is 45.0 Å². The number of aromatic nitrogens is 12. The van der Waals surface area contributed by atoms with Crippen LogP contribution in [0.25, 0.3) is 56.9 Å². The van der Waals surface area contributed by atoms with Crippen LogP contribution in [0.15, 0.2) is 140 Å². The van der Waals surface area contributed by atoms with E-state index in [1.165, 1.54) is 12.7 Å². The smallest absolute Gasteiger partial charge is 0.153 e. The third kappa shape index (κ3) is 43.9. The van der Waals surface area contributed by atoms with Crippen LogP contribution in [0.3, 0.4) is 0 Å². The third-order valence-corrected chi connectivity index (χ3v) is 11.2. The first-order valence-electron chi connectivity index (χ1n) is 29.8. The van der Waals surface area contributed by atoms with Gasteiger partial charge in [-0.15, -0.1) is 138 Å². The van der Waals surface area contributed by atoms with Crippen LogP contribution < -0.4 is 4.74 Å². The van der Waals surface area contributed by atoms with Crippen LogP contribution in [0.2, 0.25) is 0 Å². The summed E-state index contributed by atoms with van der Waals surface area (Å²) in [7, 11) is 1.62. The number of ether oxygens (including phenoxy) is 1. The number of hydrogen-bond donors (Lipinski definition) is 8. The molecule has 0 amide bonds. The van der Waals surface area contributed by atoms with Gasteiger partial charge in [0, 0.05) is 97.1 Å². The molecule has 4 radical (unpaired) electrons. The Morgan fingerprint density at radius 1 is 0.358 bits per heavy atom. The normalized spacial score (nSPS) is 12.5. The molecule has 0 fully saturated rings. The summed E-state index contributed by atoms with van der Waals surface area (Å²) in [6.07, 6.45) is 3.46. The zero-order chi connectivity index (χ0) is 67.9. The Hall–Kier alpha value is -5.78. The predicted molar refractivity (Wildman–Crippen MR) is 353 cm³/mol. The topological polar surface area (TPSA) is 326 Å². The molecule has 0 aliphatic carbocycles. The Balaban J connectivity index is -0.00000104. The first-order valence-corrected chi connectivity index (χ1v) is 29.8. The number of aryl methyl sites for hydroxylation is 3. The number of nitrogens with zero attached hydrogens (tertiary/aromatic N) is 12. The Kier molecular flexibility index (Phi) is 51.5. The van der Waals surface area contributed by atoms with Gasteiger partial charge in [-0.25, -0.2) is 19.9 Å². The van der Waals surface area contributed by atoms with Crippen molar-refractivity contribution in [3.05, 3.63) is 188 Å². The summed E-state index contributed by atoms with van der Waals surface area (Å²) in [5, 5.41) is 68.5. The van der Waals surface area contributed by atoms with Crippen LogP contribution in [-0.2, 0) is 85.8 Å². The Bertz CT molecular complexity index is 3190. The van der Waals surface area contributed by atoms with Gasteiger partial charge in [-0.2, -0.15) is 0 Å². The van der Waals surface area contributed by atoms with Crippen molar-refractivity contribution in [3.63, 3.8) is 0 Å². The fourth-order valence-electron chi connectivity index (χ4n) is 7.37. The predicted octanol–water partition coefficient (Wildman–Crippen LogP) is 9.80. The molecule has 0 spiro atoms. The van der Waals surface area contributed by atoms with Crippen LogP contribution in [-0.4, -0.2) is 157 Å². The monoisotopic (exact) mass is 2020 g/mol. The maximum Gasteiger partial charge on any atom is 0.153 e. The fraction of sp³-hybridized carbons (Fsp3) is 0.400. The van der Waals surface area contributed by atoms with E-state index in [0.717, 1.165) is 45.2 Å². The Morgan fingerprint density at radius 3 is 0.989 bits per heavy atom. The van der Waals surface area contributed by atoms with Crippen molar-refractivity contribution in [3.8, 4) is 62.7 Å². The van der Waals surface area contributed by atoms with Gasteiger partial charge in [0.15, 0.2) is 5.82 Å². The molecule has 8 unspecified atom stereocenters. The standard InChI is InChI=1S/C16H12N3.C13H14N3.C11H10N3O.C10H8N3.4C5H12O2.4Ir/c1-12-17-15(13-8-4-2-5-9-13)19-16(18-12)14-10-6-3-7-11-14;1-13(2,3)12-15-9-14-11(16-12)10-7-5-4-6-8-10;1-8-12-7-13-11(14-8)9-3-5-10(15-2)6-4-9;1-8-11-7-12-10(13-8)9-5-3-2-4-6-9;4*1-4(6)3-5(2)7;;;;/h2-10H,1H3;4-7,9H,1-3H3;3,5-7H,1-2H3;2-5,7H,1H3;4*4-7H,3H2,1-2H3;;;;/q4*-1;;;;;;;;. The molecule has 5 aromatic carbocycles. The molecule has 8 N–H and O–H groups in total. The van der Waals surface area contributed by atoms with Gasteiger partial charge in [-0.05, 0) is 102 Å². The van der Waals surface area contributed by atoms with E-state index in [4.69, 9.17) is 45.6 Å². The minimum atomic E-state index is -0.375. The second-order valence-corrected chi connectivity index (χ2v) is 22.2. The molecule has 21 nitrogen and oxygen atoms in total. The molecule has 8 atom stereocenters. The van der Waals surface area contributed by atoms with E-state index in [0.29, 0.717) is 66.5 Å². The van der Waals surface area contributed by atoms with Crippen molar-refractivity contribution < 1.29 is 126 Å². The quantitative estimate of drug-likeness (QED) is 0.0469. The van der Waals surface area contributed by atoms with Crippen molar-refractivity contribution in [2.45, 2.75) is 177 Å². The molecule has 0 saturated carbocycles. The van der Waals surface area contributed by atoms with Crippen molar-refractivity contribution in [1.82, 2.24) is 59.8 Å². The van der Waals surface area contributed by atoms with Gasteiger partial charge in [0.1, 0.15) is 42.3 Å². The van der Waals surface area contributed by atoms with Gasteiger partial charge in [0.25, 0.3) is 0 Å². The first kappa shape index (κ1) is 93.4. The average Bonchev–Trinajstić information content (AvgIpc) is 0.932. The second kappa shape index (κ2) is 52.4. The zero-order valence-electron chi connectivity index (χ0n) is 56.4. The SMILES string of the molecule is CC(C)(C)c1ncnc(-c2[c-]cccc2)n1.CC(O)CC(C)O.CC(O)CC(C)O.CC(O)CC(C)O.CC(O)CC(C)O.COc1c[c-]c(-c2ncnc(C)n2)cc1.Cc1nc(-c2[c-]cccc2)nc(-c2ccccc2)n1.Cc1ncnc(-c2[c-]cccc2)n1.[Ir].[Ir].[Ir].[Ir]. The van der Waals surface area contributed by atoms with E-state index in [-0.39, 0.29) is 135 Å². The van der Waals surface area contributed by atoms with Gasteiger partial charge in [0.05, 0.1) is 79.2 Å². The zero-order valence-corrected chi connectivity index (χ0v) is 66.0. The number of rotatable bonds is 14. The minimum absolute atomic E-state index is 0. The molecule has 0 aliphatic rings. The fourth-order valence-corrected chi connectivity index (χ4v) is 7.37. The Morgan fingerprint density at radius 2 is 0.684 bits per heavy atom. The van der Waals surface area contributed by atoms with Crippen molar-refractivity contribution in [1.29, 1.82) is 0 Å². The summed E-state index contributed by atoms with van der Waals surface area (Å²) >= 11 is 0. The Labute approximate surface area is 615 Å². The maximum atomic E-state index is 8.56. The molecule has 25 heteroatoms. The van der Waals surface area contributed by atoms with E-state index >= 15 is 0 Å². The number of aliphatic hydroxyl groups excluding tert-OH is 8. The molecule has 0 bridgehead atoms. The van der Waals surface area contributed by atoms with Gasteiger partial charge in [-0.3, -0.25) is 39.9 Å². The van der Waals surface area contributed by atoms with Crippen LogP contribution >= 0.6 is 0 Å². The van der Waals surface area contributed by atoms with Gasteiger partial charge < -0.3 is 45.6 Å². The number of hydrogen-bond acceptors (Lipinski definition) is 21. The summed E-state index contributed by atoms with van der Waals surface area (Å²) in [4.78, 5) is 50.5. The number of methoxy groups -OCH3 is 1. The van der Waals surface area contributed by atoms with Gasteiger partial charge in [-0.1, -0.05) is 51.1 Å². The molecule has 9 rings (SSSR count). The molecule has 95 heavy (non-hydrogen) atoms. The van der Waals surface area contributed by atoms with Gasteiger partial charge in [0.2, 0.25) is 0 Å². The molecular formula is C70H92Ir4N12O9-4. The summed E-state index contributed by atoms with van der Waals surface area (Å²) in [6, 6.07) is 50.7. The summed E-state index contributed by atoms with van der Waals surface area (Å²) in [6.45, 7) is 25.1. The van der Waals surface area contributed by atoms with Crippen molar-refractivity contribution in [2.24, 2.45) is 0 Å². The average molecular weight is 2010 g/mol. The van der Waals surface area contributed by atoms with E-state index in [2.05, 4.69) is 105 Å². The van der Waals surface area contributed by atoms with Crippen LogP contribution in [0.1, 0.15) is 125 Å². The number of benzene rings is 5. The van der Waals surface area contributed by atoms with Crippen molar-refractivity contribution in [2.75, 3.05) is 7.11 Å². The minimum Gasteiger partial charge on any atom is -0.540 e. The number of aliphatic hydroxyl groups is 8. The molecule has 0 aliphatic heterocycles. The largest absolute Gasteiger partial charge is 0.540 e. The summed E-state index contributed by atoms with van der Waals surface area (Å²) in [5.41, 5.74) is 4.44. The molecule has 526 valence electrons. The van der Waals surface area contributed by atoms with Crippen molar-refractivity contribution >= 4 is 0 Å².